The molecule has 0 aliphatic carbocycles. The van der Waals surface area contributed by atoms with Crippen LogP contribution in [-0.4, -0.2) is 36.9 Å². The lowest BCUT2D eigenvalue weighted by Crippen LogP contribution is -2.34. The average Bonchev–Trinajstić information content (AvgIpc) is 2.97. The van der Waals surface area contributed by atoms with Gasteiger partial charge in [0, 0.05) is 25.0 Å². The first-order valence-electron chi connectivity index (χ1n) is 5.61. The molecule has 1 atom stereocenters. The van der Waals surface area contributed by atoms with E-state index in [9.17, 15) is 4.79 Å². The molecule has 0 radical (unpaired) electrons. The summed E-state index contributed by atoms with van der Waals surface area (Å²) in [5, 5.41) is 13.0. The molecule has 0 aliphatic rings. The molecule has 0 aromatic carbocycles. The number of anilines is 1. The quantitative estimate of drug-likeness (QED) is 0.678. The van der Waals surface area contributed by atoms with Crippen LogP contribution in [0, 0.1) is 0 Å². The van der Waals surface area contributed by atoms with Crippen molar-refractivity contribution in [2.45, 2.75) is 25.9 Å². The van der Waals surface area contributed by atoms with Crippen LogP contribution in [0.2, 0.25) is 0 Å². The predicted octanol–water partition coefficient (Wildman–Crippen LogP) is -0.208. The fourth-order valence-electron chi connectivity index (χ4n) is 1.50. The van der Waals surface area contributed by atoms with Crippen LogP contribution in [0.1, 0.15) is 24.0 Å². The van der Waals surface area contributed by atoms with Crippen molar-refractivity contribution < 1.29 is 4.79 Å². The zero-order chi connectivity index (χ0) is 13.0. The maximum absolute atomic E-state index is 11.7. The molecule has 8 nitrogen and oxygen atoms in total. The summed E-state index contributed by atoms with van der Waals surface area (Å²) in [6.45, 7) is 2.66. The Kier molecular flexibility index (Phi) is 3.56. The molecule has 0 saturated carbocycles. The number of hydrogen-bond donors (Lipinski definition) is 3. The minimum absolute atomic E-state index is 0.00743. The summed E-state index contributed by atoms with van der Waals surface area (Å²) in [5.74, 6) is -0.130. The number of carbonyl (C=O) groups is 1. The van der Waals surface area contributed by atoms with Gasteiger partial charge in [0.15, 0.2) is 0 Å². The number of aromatic nitrogens is 5. The summed E-state index contributed by atoms with van der Waals surface area (Å²) >= 11 is 0. The molecule has 1 amide bonds. The van der Waals surface area contributed by atoms with Gasteiger partial charge in [0.1, 0.15) is 0 Å². The van der Waals surface area contributed by atoms with Crippen LogP contribution in [-0.2, 0) is 6.54 Å². The zero-order valence-electron chi connectivity index (χ0n) is 10.00. The number of nitrogens with zero attached hydrogens (tertiary/aromatic N) is 4. The number of amides is 1. The van der Waals surface area contributed by atoms with Gasteiger partial charge in [-0.15, -0.1) is 5.10 Å². The van der Waals surface area contributed by atoms with E-state index in [0.717, 1.165) is 13.0 Å². The molecular formula is C10H15N7O. The normalized spacial score (nSPS) is 12.3. The molecule has 2 aromatic heterocycles. The number of nitrogens with one attached hydrogen (secondary N) is 2. The average molecular weight is 249 g/mol. The molecule has 1 unspecified atom stereocenters. The van der Waals surface area contributed by atoms with E-state index in [1.165, 1.54) is 0 Å². The molecule has 2 aromatic rings. The lowest BCUT2D eigenvalue weighted by molar-refractivity contribution is 0.0927. The fourth-order valence-corrected chi connectivity index (χ4v) is 1.50. The second-order valence-electron chi connectivity index (χ2n) is 3.97. The van der Waals surface area contributed by atoms with E-state index in [1.807, 2.05) is 23.9 Å². The van der Waals surface area contributed by atoms with Crippen molar-refractivity contribution in [2.24, 2.45) is 0 Å². The Balaban J connectivity index is 1.80. The second kappa shape index (κ2) is 5.30. The minimum atomic E-state index is -0.313. The molecule has 2 heterocycles. The van der Waals surface area contributed by atoms with Gasteiger partial charge < -0.3 is 11.1 Å². The topological polar surface area (TPSA) is 115 Å². The first kappa shape index (κ1) is 12.1. The van der Waals surface area contributed by atoms with Crippen molar-refractivity contribution in [2.75, 3.05) is 5.73 Å². The van der Waals surface area contributed by atoms with Crippen LogP contribution in [0.4, 0.5) is 5.95 Å². The van der Waals surface area contributed by atoms with Crippen molar-refractivity contribution in [1.29, 1.82) is 0 Å². The molecule has 0 aliphatic heterocycles. The predicted molar refractivity (Wildman–Crippen MR) is 64.6 cm³/mol. The fraction of sp³-hybridized carbons (Fsp3) is 0.400. The van der Waals surface area contributed by atoms with Crippen LogP contribution in [0.15, 0.2) is 18.5 Å². The summed E-state index contributed by atoms with van der Waals surface area (Å²) in [5.41, 5.74) is 5.32. The largest absolute Gasteiger partial charge is 0.366 e. The first-order valence-corrected chi connectivity index (χ1v) is 5.61. The van der Waals surface area contributed by atoms with Crippen LogP contribution in [0.5, 0.6) is 0 Å². The van der Waals surface area contributed by atoms with Gasteiger partial charge in [-0.3, -0.25) is 14.6 Å². The Morgan fingerprint density at radius 3 is 3.11 bits per heavy atom. The molecule has 2 rings (SSSR count). The monoisotopic (exact) mass is 249 g/mol. The van der Waals surface area contributed by atoms with Crippen LogP contribution >= 0.6 is 0 Å². The van der Waals surface area contributed by atoms with E-state index >= 15 is 0 Å². The van der Waals surface area contributed by atoms with E-state index in [4.69, 9.17) is 5.73 Å². The summed E-state index contributed by atoms with van der Waals surface area (Å²) in [4.78, 5) is 15.5. The molecule has 0 saturated heterocycles. The Hall–Kier alpha value is -2.38. The number of aromatic amines is 1. The van der Waals surface area contributed by atoms with Gasteiger partial charge in [-0.25, -0.2) is 0 Å². The molecule has 0 spiro atoms. The summed E-state index contributed by atoms with van der Waals surface area (Å²) in [6.07, 6.45) is 4.38. The number of hydrogen-bond acceptors (Lipinski definition) is 5. The number of nitrogens with two attached hydrogens (primary N) is 1. The van der Waals surface area contributed by atoms with Gasteiger partial charge >= 0.3 is 0 Å². The summed E-state index contributed by atoms with van der Waals surface area (Å²) in [7, 11) is 0. The Bertz CT molecular complexity index is 504. The van der Waals surface area contributed by atoms with E-state index in [-0.39, 0.29) is 23.7 Å². The van der Waals surface area contributed by atoms with Gasteiger partial charge in [0.25, 0.3) is 5.91 Å². The lowest BCUT2D eigenvalue weighted by Gasteiger charge is -2.12. The Morgan fingerprint density at radius 1 is 1.67 bits per heavy atom. The Morgan fingerprint density at radius 2 is 2.50 bits per heavy atom. The number of carbonyl (C=O) groups excluding carboxylic acids is 1. The van der Waals surface area contributed by atoms with Crippen molar-refractivity contribution >= 4 is 11.9 Å². The first-order chi connectivity index (χ1) is 8.65. The van der Waals surface area contributed by atoms with E-state index in [1.54, 1.807) is 6.20 Å². The standard InChI is InChI=1S/C10H15N7O/c1-7(3-6-17-5-2-4-12-17)13-9(18)8-14-10(11)16-15-8/h2,4-5,7H,3,6H2,1H3,(H,13,18)(H3,11,14,15,16). The van der Waals surface area contributed by atoms with E-state index in [2.05, 4.69) is 25.6 Å². The smallest absolute Gasteiger partial charge is 0.288 e. The number of H-pyrrole nitrogens is 1. The van der Waals surface area contributed by atoms with Crippen molar-refractivity contribution in [3.8, 4) is 0 Å². The molecule has 96 valence electrons. The number of rotatable bonds is 5. The number of nitrogen functional groups attached to an aromatic ring is 1. The maximum Gasteiger partial charge on any atom is 0.288 e. The van der Waals surface area contributed by atoms with E-state index in [0.29, 0.717) is 0 Å². The third-order valence-electron chi connectivity index (χ3n) is 2.45. The van der Waals surface area contributed by atoms with Crippen LogP contribution < -0.4 is 11.1 Å². The van der Waals surface area contributed by atoms with E-state index < -0.39 is 0 Å². The third-order valence-corrected chi connectivity index (χ3v) is 2.45. The van der Waals surface area contributed by atoms with Crippen molar-refractivity contribution in [3.05, 3.63) is 24.3 Å². The highest BCUT2D eigenvalue weighted by atomic mass is 16.2. The molecule has 0 fully saturated rings. The van der Waals surface area contributed by atoms with Gasteiger partial charge in [-0.2, -0.15) is 10.1 Å². The minimum Gasteiger partial charge on any atom is -0.366 e. The molecule has 8 heteroatoms. The molecular weight excluding hydrogens is 234 g/mol. The van der Waals surface area contributed by atoms with Crippen molar-refractivity contribution in [1.82, 2.24) is 30.3 Å². The Labute approximate surface area is 104 Å². The molecule has 4 N–H and O–H groups in total. The highest BCUT2D eigenvalue weighted by Crippen LogP contribution is 1.98. The summed E-state index contributed by atoms with van der Waals surface area (Å²) in [6, 6.07) is 1.87. The van der Waals surface area contributed by atoms with Gasteiger partial charge in [-0.1, -0.05) is 0 Å². The molecule has 0 bridgehead atoms. The van der Waals surface area contributed by atoms with Gasteiger partial charge in [-0.05, 0) is 19.4 Å². The lowest BCUT2D eigenvalue weighted by atomic mass is 10.2. The van der Waals surface area contributed by atoms with Crippen LogP contribution in [0.25, 0.3) is 0 Å². The summed E-state index contributed by atoms with van der Waals surface area (Å²) < 4.78 is 1.81. The third kappa shape index (κ3) is 3.06. The van der Waals surface area contributed by atoms with Crippen molar-refractivity contribution in [3.63, 3.8) is 0 Å². The molecule has 18 heavy (non-hydrogen) atoms. The SMILES string of the molecule is CC(CCn1cccn1)NC(=O)c1nc(N)n[nH]1. The highest BCUT2D eigenvalue weighted by molar-refractivity contribution is 5.90. The maximum atomic E-state index is 11.7. The number of aryl methyl sites for hydroxylation is 1. The van der Waals surface area contributed by atoms with Gasteiger partial charge in [0.2, 0.25) is 11.8 Å². The van der Waals surface area contributed by atoms with Crippen LogP contribution in [0.3, 0.4) is 0 Å². The zero-order valence-corrected chi connectivity index (χ0v) is 10.00. The van der Waals surface area contributed by atoms with Gasteiger partial charge in [0.05, 0.1) is 0 Å². The highest BCUT2D eigenvalue weighted by Gasteiger charge is 2.13. The second-order valence-corrected chi connectivity index (χ2v) is 3.97.